The van der Waals surface area contributed by atoms with Crippen molar-refractivity contribution in [2.75, 3.05) is 0 Å². The van der Waals surface area contributed by atoms with Crippen LogP contribution >= 0.6 is 23.2 Å². The van der Waals surface area contributed by atoms with Crippen LogP contribution in [-0.2, 0) is 4.74 Å². The van der Waals surface area contributed by atoms with Crippen LogP contribution in [0.1, 0.15) is 37.6 Å². The maximum absolute atomic E-state index is 11.8. The highest BCUT2D eigenvalue weighted by molar-refractivity contribution is 6.33. The maximum Gasteiger partial charge on any atom is 0.341 e. The smallest absolute Gasteiger partial charge is 0.341 e. The van der Waals surface area contributed by atoms with Crippen molar-refractivity contribution in [3.05, 3.63) is 21.9 Å². The summed E-state index contributed by atoms with van der Waals surface area (Å²) in [6.07, 6.45) is 0.612. The molecule has 1 heterocycles. The van der Waals surface area contributed by atoms with Gasteiger partial charge in [0.1, 0.15) is 5.56 Å². The third-order valence-electron chi connectivity index (χ3n) is 2.05. The van der Waals surface area contributed by atoms with Crippen LogP contribution < -0.4 is 0 Å². The van der Waals surface area contributed by atoms with Gasteiger partial charge in [-0.05, 0) is 25.3 Å². The molecule has 0 bridgehead atoms. The topological polar surface area (TPSA) is 52.1 Å². The molecule has 1 aromatic heterocycles. The van der Waals surface area contributed by atoms with Gasteiger partial charge in [-0.15, -0.1) is 10.2 Å². The van der Waals surface area contributed by atoms with Crippen LogP contribution in [0.4, 0.5) is 0 Å². The van der Waals surface area contributed by atoms with E-state index in [2.05, 4.69) is 24.0 Å². The van der Waals surface area contributed by atoms with Crippen molar-refractivity contribution in [2.24, 2.45) is 5.92 Å². The fourth-order valence-corrected chi connectivity index (χ4v) is 1.77. The normalized spacial score (nSPS) is 12.6. The van der Waals surface area contributed by atoms with Crippen molar-refractivity contribution in [3.63, 3.8) is 0 Å². The number of nitrogens with zero attached hydrogens (tertiary/aromatic N) is 2. The molecule has 0 amide bonds. The summed E-state index contributed by atoms with van der Waals surface area (Å²) in [6.45, 7) is 5.95. The van der Waals surface area contributed by atoms with Crippen LogP contribution in [0.25, 0.3) is 0 Å². The molecule has 0 aliphatic carbocycles. The minimum Gasteiger partial charge on any atom is -0.459 e. The number of carbonyl (C=O) groups excluding carboxylic acids is 1. The number of hydrogen-bond acceptors (Lipinski definition) is 4. The Labute approximate surface area is 110 Å². The number of rotatable bonds is 4. The molecule has 0 N–H and O–H groups in total. The summed E-state index contributed by atoms with van der Waals surface area (Å²) in [7, 11) is 0. The summed E-state index contributed by atoms with van der Waals surface area (Å²) in [4.78, 5) is 11.8. The first-order valence-corrected chi connectivity index (χ1v) is 6.05. The minimum absolute atomic E-state index is 0.00357. The average molecular weight is 277 g/mol. The number of carbonyl (C=O) groups is 1. The molecule has 0 saturated carbocycles. The van der Waals surface area contributed by atoms with Gasteiger partial charge in [-0.2, -0.15) is 0 Å². The van der Waals surface area contributed by atoms with E-state index in [9.17, 15) is 4.79 Å². The van der Waals surface area contributed by atoms with E-state index in [-0.39, 0.29) is 22.0 Å². The monoisotopic (exact) mass is 276 g/mol. The first-order valence-electron chi connectivity index (χ1n) is 5.30. The van der Waals surface area contributed by atoms with Gasteiger partial charge < -0.3 is 4.74 Å². The molecule has 4 nitrogen and oxygen atoms in total. The number of aromatic nitrogens is 2. The van der Waals surface area contributed by atoms with Gasteiger partial charge in [-0.25, -0.2) is 4.79 Å². The summed E-state index contributed by atoms with van der Waals surface area (Å²) in [5.74, 6) is -0.0765. The SMILES string of the molecule is CC(C)CC(C)OC(=O)c1cc(Cl)nnc1Cl. The summed E-state index contributed by atoms with van der Waals surface area (Å²) in [6, 6.07) is 1.35. The molecule has 94 valence electrons. The molecule has 1 aromatic rings. The van der Waals surface area contributed by atoms with Gasteiger partial charge in [-0.1, -0.05) is 37.0 Å². The molecule has 0 spiro atoms. The molecule has 0 radical (unpaired) electrons. The highest BCUT2D eigenvalue weighted by atomic mass is 35.5. The fraction of sp³-hybridized carbons (Fsp3) is 0.545. The lowest BCUT2D eigenvalue weighted by Crippen LogP contribution is -2.17. The van der Waals surface area contributed by atoms with Crippen molar-refractivity contribution in [1.29, 1.82) is 0 Å². The maximum atomic E-state index is 11.8. The van der Waals surface area contributed by atoms with Gasteiger partial charge in [0.25, 0.3) is 0 Å². The summed E-state index contributed by atoms with van der Waals surface area (Å²) >= 11 is 11.4. The predicted octanol–water partition coefficient (Wildman–Crippen LogP) is 3.37. The number of hydrogen-bond donors (Lipinski definition) is 0. The standard InChI is InChI=1S/C11H14Cl2N2O2/c1-6(2)4-7(3)17-11(16)8-5-9(12)14-15-10(8)13/h5-7H,4H2,1-3H3. The lowest BCUT2D eigenvalue weighted by molar-refractivity contribution is 0.0299. The first-order chi connectivity index (χ1) is 7.90. The number of halogens is 2. The van der Waals surface area contributed by atoms with Crippen LogP contribution in [0.15, 0.2) is 6.07 Å². The summed E-state index contributed by atoms with van der Waals surface area (Å²) in [5.41, 5.74) is 0.141. The molecular formula is C11H14Cl2N2O2. The van der Waals surface area contributed by atoms with Crippen molar-refractivity contribution in [1.82, 2.24) is 10.2 Å². The zero-order valence-electron chi connectivity index (χ0n) is 9.91. The molecule has 6 heteroatoms. The average Bonchev–Trinajstić information content (AvgIpc) is 2.20. The second-order valence-corrected chi connectivity index (χ2v) is 4.96. The lowest BCUT2D eigenvalue weighted by Gasteiger charge is -2.15. The lowest BCUT2D eigenvalue weighted by atomic mass is 10.1. The quantitative estimate of drug-likeness (QED) is 0.792. The molecular weight excluding hydrogens is 263 g/mol. The summed E-state index contributed by atoms with van der Waals surface area (Å²) in [5, 5.41) is 7.18. The van der Waals surface area contributed by atoms with Gasteiger partial charge >= 0.3 is 5.97 Å². The van der Waals surface area contributed by atoms with Gasteiger partial charge in [0.2, 0.25) is 0 Å². The van der Waals surface area contributed by atoms with Gasteiger partial charge in [0, 0.05) is 0 Å². The predicted molar refractivity (Wildman–Crippen MR) is 66.4 cm³/mol. The Morgan fingerprint density at radius 3 is 2.59 bits per heavy atom. The van der Waals surface area contributed by atoms with Crippen molar-refractivity contribution in [2.45, 2.75) is 33.3 Å². The van der Waals surface area contributed by atoms with E-state index in [0.29, 0.717) is 5.92 Å². The van der Waals surface area contributed by atoms with Crippen molar-refractivity contribution < 1.29 is 9.53 Å². The first kappa shape index (κ1) is 14.2. The third-order valence-corrected chi connectivity index (χ3v) is 2.51. The van der Waals surface area contributed by atoms with Gasteiger partial charge in [0.05, 0.1) is 6.10 Å². The Balaban J connectivity index is 2.73. The number of esters is 1. The van der Waals surface area contributed by atoms with Crippen LogP contribution in [0.5, 0.6) is 0 Å². The van der Waals surface area contributed by atoms with E-state index >= 15 is 0 Å². The zero-order valence-corrected chi connectivity index (χ0v) is 11.4. The number of ether oxygens (including phenoxy) is 1. The molecule has 1 rings (SSSR count). The highest BCUT2D eigenvalue weighted by Gasteiger charge is 2.17. The Bertz CT molecular complexity index is 410. The van der Waals surface area contributed by atoms with E-state index in [0.717, 1.165) is 6.42 Å². The zero-order chi connectivity index (χ0) is 13.0. The van der Waals surface area contributed by atoms with Gasteiger partial charge in [-0.3, -0.25) is 0 Å². The van der Waals surface area contributed by atoms with E-state index in [4.69, 9.17) is 27.9 Å². The Kier molecular flexibility index (Phi) is 5.15. The van der Waals surface area contributed by atoms with Crippen LogP contribution in [0.2, 0.25) is 10.3 Å². The molecule has 0 aromatic carbocycles. The fourth-order valence-electron chi connectivity index (χ4n) is 1.45. The second-order valence-electron chi connectivity index (χ2n) is 4.22. The molecule has 0 saturated heterocycles. The largest absolute Gasteiger partial charge is 0.459 e. The van der Waals surface area contributed by atoms with Crippen LogP contribution in [-0.4, -0.2) is 22.3 Å². The molecule has 0 aliphatic heterocycles. The van der Waals surface area contributed by atoms with Crippen LogP contribution in [0, 0.1) is 5.92 Å². The van der Waals surface area contributed by atoms with E-state index in [1.54, 1.807) is 0 Å². The Morgan fingerprint density at radius 2 is 2.00 bits per heavy atom. The molecule has 17 heavy (non-hydrogen) atoms. The van der Waals surface area contributed by atoms with Crippen molar-refractivity contribution >= 4 is 29.2 Å². The Hall–Kier alpha value is -0.870. The molecule has 1 atom stereocenters. The van der Waals surface area contributed by atoms with E-state index in [1.165, 1.54) is 6.07 Å². The van der Waals surface area contributed by atoms with Crippen molar-refractivity contribution in [3.8, 4) is 0 Å². The Morgan fingerprint density at radius 1 is 1.35 bits per heavy atom. The second kappa shape index (κ2) is 6.17. The van der Waals surface area contributed by atoms with Crippen LogP contribution in [0.3, 0.4) is 0 Å². The third kappa shape index (κ3) is 4.48. The molecule has 1 unspecified atom stereocenters. The molecule has 0 aliphatic rings. The van der Waals surface area contributed by atoms with Gasteiger partial charge in [0.15, 0.2) is 10.3 Å². The van der Waals surface area contributed by atoms with E-state index in [1.807, 2.05) is 6.92 Å². The highest BCUT2D eigenvalue weighted by Crippen LogP contribution is 2.18. The molecule has 0 fully saturated rings. The van der Waals surface area contributed by atoms with E-state index < -0.39 is 5.97 Å². The summed E-state index contributed by atoms with van der Waals surface area (Å²) < 4.78 is 5.23. The minimum atomic E-state index is -0.528.